The van der Waals surface area contributed by atoms with Crippen LogP contribution in [0.3, 0.4) is 0 Å². The molecule has 0 N–H and O–H groups in total. The number of amides is 1. The molecule has 138 valence electrons. The number of carbonyl (C=O) groups excluding carboxylic acids is 1. The number of ether oxygens (including phenoxy) is 1. The maximum absolute atomic E-state index is 12.9. The van der Waals surface area contributed by atoms with Crippen molar-refractivity contribution < 1.29 is 9.53 Å². The molecule has 0 aliphatic heterocycles. The van der Waals surface area contributed by atoms with E-state index in [1.54, 1.807) is 11.1 Å². The number of hydrogen-bond acceptors (Lipinski definition) is 3. The van der Waals surface area contributed by atoms with Crippen LogP contribution >= 0.6 is 0 Å². The van der Waals surface area contributed by atoms with Gasteiger partial charge in [-0.1, -0.05) is 42.0 Å². The molecule has 1 heterocycles. The van der Waals surface area contributed by atoms with Crippen molar-refractivity contribution in [3.63, 3.8) is 0 Å². The third-order valence-corrected chi connectivity index (χ3v) is 4.53. The summed E-state index contributed by atoms with van der Waals surface area (Å²) in [6.07, 6.45) is 1.69. The van der Waals surface area contributed by atoms with Gasteiger partial charge in [-0.25, -0.2) is 4.98 Å². The second kappa shape index (κ2) is 8.49. The minimum atomic E-state index is -0.132. The van der Waals surface area contributed by atoms with Crippen LogP contribution in [0, 0.1) is 20.8 Å². The van der Waals surface area contributed by atoms with Crippen molar-refractivity contribution in [3.05, 3.63) is 89.1 Å². The number of rotatable bonds is 6. The van der Waals surface area contributed by atoms with Crippen LogP contribution in [0.25, 0.3) is 0 Å². The van der Waals surface area contributed by atoms with Crippen LogP contribution in [0.5, 0.6) is 5.75 Å². The van der Waals surface area contributed by atoms with Crippen LogP contribution < -0.4 is 9.64 Å². The van der Waals surface area contributed by atoms with Crippen LogP contribution in [0.4, 0.5) is 5.82 Å². The molecule has 0 aliphatic carbocycles. The number of nitrogens with zero attached hydrogens (tertiary/aromatic N) is 2. The zero-order valence-corrected chi connectivity index (χ0v) is 16.0. The second-order valence-corrected chi connectivity index (χ2v) is 6.69. The first-order valence-electron chi connectivity index (χ1n) is 9.00. The summed E-state index contributed by atoms with van der Waals surface area (Å²) in [5, 5.41) is 0. The molecule has 4 heteroatoms. The van der Waals surface area contributed by atoms with E-state index in [1.807, 2.05) is 74.5 Å². The first-order valence-corrected chi connectivity index (χ1v) is 9.00. The molecule has 0 fully saturated rings. The molecule has 3 aromatic rings. The highest BCUT2D eigenvalue weighted by atomic mass is 16.5. The van der Waals surface area contributed by atoms with Gasteiger partial charge in [-0.3, -0.25) is 9.69 Å². The highest BCUT2D eigenvalue weighted by molar-refractivity contribution is 5.93. The Morgan fingerprint density at radius 1 is 0.963 bits per heavy atom. The van der Waals surface area contributed by atoms with Gasteiger partial charge in [0.2, 0.25) is 0 Å². The Morgan fingerprint density at radius 2 is 1.74 bits per heavy atom. The number of pyridine rings is 1. The summed E-state index contributed by atoms with van der Waals surface area (Å²) in [5.74, 6) is 1.18. The van der Waals surface area contributed by atoms with E-state index in [1.165, 1.54) is 11.1 Å². The summed E-state index contributed by atoms with van der Waals surface area (Å²) in [4.78, 5) is 18.9. The van der Waals surface area contributed by atoms with Gasteiger partial charge in [-0.05, 0) is 61.7 Å². The van der Waals surface area contributed by atoms with Crippen molar-refractivity contribution in [2.75, 3.05) is 11.5 Å². The lowest BCUT2D eigenvalue weighted by molar-refractivity contribution is -0.120. The molecule has 1 aromatic heterocycles. The fraction of sp³-hybridized carbons (Fsp3) is 0.217. The topological polar surface area (TPSA) is 42.4 Å². The largest absolute Gasteiger partial charge is 0.484 e. The quantitative estimate of drug-likeness (QED) is 0.644. The van der Waals surface area contributed by atoms with Crippen molar-refractivity contribution >= 4 is 11.7 Å². The number of benzene rings is 2. The smallest absolute Gasteiger partial charge is 0.266 e. The average Bonchev–Trinajstić information content (AvgIpc) is 2.69. The fourth-order valence-corrected chi connectivity index (χ4v) is 2.71. The summed E-state index contributed by atoms with van der Waals surface area (Å²) < 4.78 is 5.74. The number of aromatic nitrogens is 1. The molecule has 0 saturated carbocycles. The predicted molar refractivity (Wildman–Crippen MR) is 108 cm³/mol. The van der Waals surface area contributed by atoms with E-state index >= 15 is 0 Å². The molecule has 0 radical (unpaired) electrons. The van der Waals surface area contributed by atoms with Gasteiger partial charge in [0.15, 0.2) is 6.61 Å². The van der Waals surface area contributed by atoms with Crippen LogP contribution in [0.15, 0.2) is 66.9 Å². The van der Waals surface area contributed by atoms with Gasteiger partial charge in [0.05, 0.1) is 6.54 Å². The molecule has 0 aliphatic rings. The second-order valence-electron chi connectivity index (χ2n) is 6.69. The Labute approximate surface area is 160 Å². The van der Waals surface area contributed by atoms with Crippen molar-refractivity contribution in [2.24, 2.45) is 0 Å². The monoisotopic (exact) mass is 360 g/mol. The number of hydrogen-bond donors (Lipinski definition) is 0. The number of anilines is 1. The van der Waals surface area contributed by atoms with E-state index in [4.69, 9.17) is 4.74 Å². The van der Waals surface area contributed by atoms with Gasteiger partial charge in [0, 0.05) is 6.20 Å². The molecule has 27 heavy (non-hydrogen) atoms. The van der Waals surface area contributed by atoms with Crippen molar-refractivity contribution in [1.29, 1.82) is 0 Å². The molecule has 1 amide bonds. The Hall–Kier alpha value is -3.14. The predicted octanol–water partition coefficient (Wildman–Crippen LogP) is 4.62. The van der Waals surface area contributed by atoms with Crippen LogP contribution in [0.1, 0.15) is 22.3 Å². The highest BCUT2D eigenvalue weighted by Crippen LogP contribution is 2.18. The molecule has 0 unspecified atom stereocenters. The Balaban J connectivity index is 1.76. The normalized spacial score (nSPS) is 10.5. The zero-order valence-electron chi connectivity index (χ0n) is 16.0. The van der Waals surface area contributed by atoms with Gasteiger partial charge in [-0.2, -0.15) is 0 Å². The van der Waals surface area contributed by atoms with Gasteiger partial charge in [0.25, 0.3) is 5.91 Å². The van der Waals surface area contributed by atoms with E-state index < -0.39 is 0 Å². The van der Waals surface area contributed by atoms with Crippen molar-refractivity contribution in [1.82, 2.24) is 4.98 Å². The third-order valence-electron chi connectivity index (χ3n) is 4.53. The van der Waals surface area contributed by atoms with Crippen molar-refractivity contribution in [3.8, 4) is 5.75 Å². The van der Waals surface area contributed by atoms with Gasteiger partial charge < -0.3 is 4.74 Å². The van der Waals surface area contributed by atoms with Gasteiger partial charge in [-0.15, -0.1) is 0 Å². The summed E-state index contributed by atoms with van der Waals surface area (Å²) >= 11 is 0. The van der Waals surface area contributed by atoms with Crippen LogP contribution in [-0.2, 0) is 11.3 Å². The van der Waals surface area contributed by atoms with Crippen molar-refractivity contribution in [2.45, 2.75) is 27.3 Å². The maximum Gasteiger partial charge on any atom is 0.266 e. The minimum absolute atomic E-state index is 0.0368. The summed E-state index contributed by atoms with van der Waals surface area (Å²) in [7, 11) is 0. The molecular formula is C23H24N2O2. The van der Waals surface area contributed by atoms with Crippen LogP contribution in [-0.4, -0.2) is 17.5 Å². The maximum atomic E-state index is 12.9. The molecule has 0 atom stereocenters. The first kappa shape index (κ1) is 18.6. The summed E-state index contributed by atoms with van der Waals surface area (Å²) in [6, 6.07) is 19.5. The van der Waals surface area contributed by atoms with Gasteiger partial charge in [0.1, 0.15) is 11.6 Å². The van der Waals surface area contributed by atoms with E-state index in [0.717, 1.165) is 11.1 Å². The van der Waals surface area contributed by atoms with Gasteiger partial charge >= 0.3 is 0 Å². The lowest BCUT2D eigenvalue weighted by Crippen LogP contribution is -2.35. The lowest BCUT2D eigenvalue weighted by Gasteiger charge is -2.22. The first-order chi connectivity index (χ1) is 13.0. The van der Waals surface area contributed by atoms with E-state index in [-0.39, 0.29) is 12.5 Å². The third kappa shape index (κ3) is 4.94. The Bertz CT molecular complexity index is 905. The molecule has 0 bridgehead atoms. The Morgan fingerprint density at radius 3 is 2.41 bits per heavy atom. The number of aryl methyl sites for hydroxylation is 3. The Kier molecular flexibility index (Phi) is 5.87. The molecule has 4 nitrogen and oxygen atoms in total. The highest BCUT2D eigenvalue weighted by Gasteiger charge is 2.18. The molecule has 3 rings (SSSR count). The molecule has 2 aromatic carbocycles. The van der Waals surface area contributed by atoms with Crippen LogP contribution in [0.2, 0.25) is 0 Å². The summed E-state index contributed by atoms with van der Waals surface area (Å²) in [5.41, 5.74) is 4.57. The molecule has 0 spiro atoms. The fourth-order valence-electron chi connectivity index (χ4n) is 2.71. The molecular weight excluding hydrogens is 336 g/mol. The minimum Gasteiger partial charge on any atom is -0.484 e. The number of carbonyl (C=O) groups is 1. The standard InChI is InChI=1S/C23H24N2O2/c1-17-7-10-20(11-8-17)15-25(22-6-4-5-13-24-22)23(26)16-27-21-12-9-18(2)19(3)14-21/h4-14H,15-16H2,1-3H3. The average molecular weight is 360 g/mol. The zero-order chi connectivity index (χ0) is 19.2. The SMILES string of the molecule is Cc1ccc(CN(C(=O)COc2ccc(C)c(C)c2)c2ccccn2)cc1. The summed E-state index contributed by atoms with van der Waals surface area (Å²) in [6.45, 7) is 6.54. The molecule has 0 saturated heterocycles. The van der Waals surface area contributed by atoms with E-state index in [2.05, 4.69) is 11.9 Å². The van der Waals surface area contributed by atoms with E-state index in [9.17, 15) is 4.79 Å². The van der Waals surface area contributed by atoms with E-state index in [0.29, 0.717) is 18.1 Å². The lowest BCUT2D eigenvalue weighted by atomic mass is 10.1.